The van der Waals surface area contributed by atoms with Gasteiger partial charge in [-0.1, -0.05) is 23.2 Å². The molecule has 1 aliphatic rings. The third-order valence-electron chi connectivity index (χ3n) is 3.55. The molecule has 20 heavy (non-hydrogen) atoms. The Bertz CT molecular complexity index is 554. The zero-order valence-corrected chi connectivity index (χ0v) is 12.6. The second-order valence-corrected chi connectivity index (χ2v) is 5.85. The van der Waals surface area contributed by atoms with Gasteiger partial charge < -0.3 is 15.0 Å². The van der Waals surface area contributed by atoms with Crippen LogP contribution in [0.15, 0.2) is 12.1 Å². The van der Waals surface area contributed by atoms with Gasteiger partial charge in [0.1, 0.15) is 5.82 Å². The second kappa shape index (κ2) is 6.31. The second-order valence-electron chi connectivity index (χ2n) is 5.04. The highest BCUT2D eigenvalue weighted by Crippen LogP contribution is 2.26. The summed E-state index contributed by atoms with van der Waals surface area (Å²) in [5.41, 5.74) is 1.76. The number of rotatable bonds is 4. The number of halogens is 2. The molecule has 0 bridgehead atoms. The molecule has 0 aliphatic carbocycles. The molecule has 0 spiro atoms. The molecule has 1 aromatic heterocycles. The van der Waals surface area contributed by atoms with Crippen molar-refractivity contribution in [2.45, 2.75) is 25.4 Å². The maximum atomic E-state index is 5.99. The molecule has 108 valence electrons. The molecule has 0 saturated carbocycles. The van der Waals surface area contributed by atoms with Crippen LogP contribution in [-0.2, 0) is 11.2 Å². The van der Waals surface area contributed by atoms with Crippen LogP contribution < -0.4 is 5.32 Å². The molecule has 4 nitrogen and oxygen atoms in total. The summed E-state index contributed by atoms with van der Waals surface area (Å²) in [4.78, 5) is 7.76. The molecular weight excluding hydrogens is 297 g/mol. The number of aromatic nitrogens is 2. The monoisotopic (exact) mass is 313 g/mol. The third-order valence-corrected chi connectivity index (χ3v) is 4.27. The van der Waals surface area contributed by atoms with Crippen LogP contribution in [0.1, 0.15) is 18.7 Å². The van der Waals surface area contributed by atoms with Gasteiger partial charge in [-0.25, -0.2) is 4.98 Å². The van der Waals surface area contributed by atoms with Gasteiger partial charge in [0, 0.05) is 6.42 Å². The van der Waals surface area contributed by atoms with E-state index in [4.69, 9.17) is 27.9 Å². The lowest BCUT2D eigenvalue weighted by Gasteiger charge is -2.22. The Morgan fingerprint density at radius 2 is 1.95 bits per heavy atom. The van der Waals surface area contributed by atoms with Gasteiger partial charge in [-0.2, -0.15) is 0 Å². The highest BCUT2D eigenvalue weighted by molar-refractivity contribution is 6.42. The molecule has 3 rings (SSSR count). The Morgan fingerprint density at radius 1 is 1.20 bits per heavy atom. The molecular formula is C14H17Cl2N3O. The number of nitrogens with zero attached hydrogens (tertiary/aromatic N) is 1. The largest absolute Gasteiger partial charge is 0.378 e. The fraction of sp³-hybridized carbons (Fsp3) is 0.500. The van der Waals surface area contributed by atoms with E-state index >= 15 is 0 Å². The van der Waals surface area contributed by atoms with Crippen LogP contribution in [0.25, 0.3) is 11.0 Å². The molecule has 2 aromatic rings. The van der Waals surface area contributed by atoms with E-state index in [1.165, 1.54) is 0 Å². The number of benzene rings is 1. The topological polar surface area (TPSA) is 49.9 Å². The van der Waals surface area contributed by atoms with Crippen molar-refractivity contribution < 1.29 is 4.74 Å². The number of hydrogen-bond acceptors (Lipinski definition) is 3. The maximum Gasteiger partial charge on any atom is 0.109 e. The molecule has 1 aliphatic heterocycles. The van der Waals surface area contributed by atoms with Crippen LogP contribution in [0.5, 0.6) is 0 Å². The van der Waals surface area contributed by atoms with Gasteiger partial charge in [0.2, 0.25) is 0 Å². The standard InChI is InChI=1S/C14H17Cl2N3O/c15-10-7-12-13(8-11(10)16)19-14(18-12)3-6-20-9-1-4-17-5-2-9/h7-9,17H,1-6H2,(H,18,19). The number of imidazole rings is 1. The number of H-pyrrole nitrogens is 1. The summed E-state index contributed by atoms with van der Waals surface area (Å²) in [6, 6.07) is 3.59. The van der Waals surface area contributed by atoms with Crippen LogP contribution in [0.2, 0.25) is 10.0 Å². The quantitative estimate of drug-likeness (QED) is 0.911. The minimum atomic E-state index is 0.379. The van der Waals surface area contributed by atoms with E-state index in [0.29, 0.717) is 22.8 Å². The van der Waals surface area contributed by atoms with E-state index in [2.05, 4.69) is 15.3 Å². The van der Waals surface area contributed by atoms with Crippen molar-refractivity contribution in [3.8, 4) is 0 Å². The van der Waals surface area contributed by atoms with Crippen LogP contribution in [-0.4, -0.2) is 35.8 Å². The normalized spacial score (nSPS) is 16.9. The summed E-state index contributed by atoms with van der Waals surface area (Å²) in [5, 5.41) is 4.40. The summed E-state index contributed by atoms with van der Waals surface area (Å²) < 4.78 is 5.88. The van der Waals surface area contributed by atoms with Crippen molar-refractivity contribution in [3.05, 3.63) is 28.0 Å². The van der Waals surface area contributed by atoms with E-state index in [-0.39, 0.29) is 0 Å². The van der Waals surface area contributed by atoms with E-state index in [1.807, 2.05) is 6.07 Å². The molecule has 0 radical (unpaired) electrons. The van der Waals surface area contributed by atoms with Crippen molar-refractivity contribution in [1.29, 1.82) is 0 Å². The number of nitrogens with one attached hydrogen (secondary N) is 2. The SMILES string of the molecule is Clc1cc2nc(CCOC3CCNCC3)[nH]c2cc1Cl. The molecule has 1 saturated heterocycles. The number of piperidine rings is 1. The summed E-state index contributed by atoms with van der Waals surface area (Å²) in [5.74, 6) is 0.910. The van der Waals surface area contributed by atoms with Crippen molar-refractivity contribution in [1.82, 2.24) is 15.3 Å². The van der Waals surface area contributed by atoms with Crippen LogP contribution in [0, 0.1) is 0 Å². The molecule has 6 heteroatoms. The van der Waals surface area contributed by atoms with Crippen LogP contribution in [0.4, 0.5) is 0 Å². The van der Waals surface area contributed by atoms with Crippen LogP contribution >= 0.6 is 23.2 Å². The lowest BCUT2D eigenvalue weighted by Crippen LogP contribution is -2.32. The van der Waals surface area contributed by atoms with E-state index in [1.54, 1.807) is 6.07 Å². The first-order valence-corrected chi connectivity index (χ1v) is 7.64. The minimum absolute atomic E-state index is 0.379. The first-order chi connectivity index (χ1) is 9.72. The predicted octanol–water partition coefficient (Wildman–Crippen LogP) is 3.18. The van der Waals surface area contributed by atoms with Gasteiger partial charge in [-0.05, 0) is 38.1 Å². The molecule has 0 atom stereocenters. The van der Waals surface area contributed by atoms with Gasteiger partial charge >= 0.3 is 0 Å². The minimum Gasteiger partial charge on any atom is -0.378 e. The average Bonchev–Trinajstić information content (AvgIpc) is 2.82. The van der Waals surface area contributed by atoms with Crippen molar-refractivity contribution in [2.24, 2.45) is 0 Å². The van der Waals surface area contributed by atoms with Gasteiger partial charge in [-0.15, -0.1) is 0 Å². The van der Waals surface area contributed by atoms with Crippen molar-refractivity contribution >= 4 is 34.2 Å². The average molecular weight is 314 g/mol. The Balaban J connectivity index is 1.60. The highest BCUT2D eigenvalue weighted by atomic mass is 35.5. The summed E-state index contributed by atoms with van der Waals surface area (Å²) in [6.07, 6.45) is 3.33. The Morgan fingerprint density at radius 3 is 2.75 bits per heavy atom. The van der Waals surface area contributed by atoms with Gasteiger partial charge in [-0.3, -0.25) is 0 Å². The summed E-state index contributed by atoms with van der Waals surface area (Å²) in [6.45, 7) is 2.78. The molecule has 0 amide bonds. The Kier molecular flexibility index (Phi) is 4.46. The highest BCUT2D eigenvalue weighted by Gasteiger charge is 2.13. The van der Waals surface area contributed by atoms with Gasteiger partial charge in [0.15, 0.2) is 0 Å². The maximum absolute atomic E-state index is 5.99. The first-order valence-electron chi connectivity index (χ1n) is 6.88. The number of aromatic amines is 1. The van der Waals surface area contributed by atoms with Crippen molar-refractivity contribution in [2.75, 3.05) is 19.7 Å². The number of hydrogen-bond donors (Lipinski definition) is 2. The lowest BCUT2D eigenvalue weighted by atomic mass is 10.1. The predicted molar refractivity (Wildman–Crippen MR) is 81.7 cm³/mol. The molecule has 2 heterocycles. The summed E-state index contributed by atoms with van der Waals surface area (Å²) >= 11 is 12.0. The molecule has 1 aromatic carbocycles. The van der Waals surface area contributed by atoms with E-state index in [9.17, 15) is 0 Å². The Hall–Kier alpha value is -0.810. The molecule has 0 unspecified atom stereocenters. The first kappa shape index (κ1) is 14.1. The van der Waals surface area contributed by atoms with E-state index in [0.717, 1.165) is 49.2 Å². The zero-order chi connectivity index (χ0) is 13.9. The third kappa shape index (κ3) is 3.26. The number of fused-ring (bicyclic) bond motifs is 1. The molecule has 1 fully saturated rings. The molecule has 2 N–H and O–H groups in total. The zero-order valence-electron chi connectivity index (χ0n) is 11.1. The fourth-order valence-corrected chi connectivity index (χ4v) is 2.78. The Labute approximate surface area is 127 Å². The summed E-state index contributed by atoms with van der Waals surface area (Å²) in [7, 11) is 0. The smallest absolute Gasteiger partial charge is 0.109 e. The van der Waals surface area contributed by atoms with Gasteiger partial charge in [0.25, 0.3) is 0 Å². The van der Waals surface area contributed by atoms with Crippen molar-refractivity contribution in [3.63, 3.8) is 0 Å². The lowest BCUT2D eigenvalue weighted by molar-refractivity contribution is 0.0343. The van der Waals surface area contributed by atoms with Crippen LogP contribution in [0.3, 0.4) is 0 Å². The van der Waals surface area contributed by atoms with Gasteiger partial charge in [0.05, 0.1) is 33.8 Å². The van der Waals surface area contributed by atoms with E-state index < -0.39 is 0 Å². The number of ether oxygens (including phenoxy) is 1. The fourth-order valence-electron chi connectivity index (χ4n) is 2.46.